The van der Waals surface area contributed by atoms with E-state index in [9.17, 15) is 14.4 Å². The van der Waals surface area contributed by atoms with E-state index in [1.165, 1.54) is 4.90 Å². The van der Waals surface area contributed by atoms with Gasteiger partial charge in [-0.3, -0.25) is 14.4 Å². The van der Waals surface area contributed by atoms with Gasteiger partial charge in [0.1, 0.15) is 0 Å². The first-order valence-corrected chi connectivity index (χ1v) is 7.32. The molecule has 6 heteroatoms. The molecule has 0 spiro atoms. The van der Waals surface area contributed by atoms with Crippen molar-refractivity contribution in [3.05, 3.63) is 35.9 Å². The molecule has 2 unspecified atom stereocenters. The van der Waals surface area contributed by atoms with Crippen molar-refractivity contribution in [2.75, 3.05) is 13.1 Å². The number of carboxylic acid groups (broad SMARTS) is 1. The quantitative estimate of drug-likeness (QED) is 0.837. The van der Waals surface area contributed by atoms with E-state index in [1.807, 2.05) is 30.3 Å². The van der Waals surface area contributed by atoms with Crippen LogP contribution in [0, 0.1) is 5.92 Å². The Kier molecular flexibility index (Phi) is 5.14. The minimum absolute atomic E-state index is 0.0949. The molecule has 1 aliphatic heterocycles. The summed E-state index contributed by atoms with van der Waals surface area (Å²) in [6.07, 6.45) is 0.682. The minimum atomic E-state index is -0.879. The summed E-state index contributed by atoms with van der Waals surface area (Å²) in [6, 6.07) is 8.94. The van der Waals surface area contributed by atoms with Gasteiger partial charge < -0.3 is 15.3 Å². The predicted octanol–water partition coefficient (Wildman–Crippen LogP) is 0.667. The van der Waals surface area contributed by atoms with E-state index in [-0.39, 0.29) is 30.8 Å². The van der Waals surface area contributed by atoms with Crippen LogP contribution >= 0.6 is 0 Å². The molecule has 0 saturated carbocycles. The molecule has 1 aliphatic rings. The molecule has 6 nitrogen and oxygen atoms in total. The van der Waals surface area contributed by atoms with Gasteiger partial charge >= 0.3 is 5.97 Å². The fourth-order valence-electron chi connectivity index (χ4n) is 2.74. The van der Waals surface area contributed by atoms with Crippen molar-refractivity contribution >= 4 is 17.8 Å². The molecule has 1 aromatic carbocycles. The van der Waals surface area contributed by atoms with Crippen molar-refractivity contribution in [2.24, 2.45) is 5.92 Å². The Morgan fingerprint density at radius 2 is 1.95 bits per heavy atom. The minimum Gasteiger partial charge on any atom is -0.481 e. The molecule has 22 heavy (non-hydrogen) atoms. The van der Waals surface area contributed by atoms with E-state index in [0.29, 0.717) is 13.0 Å². The van der Waals surface area contributed by atoms with Crippen LogP contribution in [-0.2, 0) is 20.8 Å². The third-order valence-electron chi connectivity index (χ3n) is 4.04. The van der Waals surface area contributed by atoms with E-state index < -0.39 is 11.9 Å². The lowest BCUT2D eigenvalue weighted by molar-refractivity contribution is -0.143. The molecule has 0 bridgehead atoms. The summed E-state index contributed by atoms with van der Waals surface area (Å²) in [6.45, 7) is 2.06. The molecule has 0 aromatic heterocycles. The Bertz CT molecular complexity index is 559. The number of rotatable bonds is 5. The second kappa shape index (κ2) is 7.06. The topological polar surface area (TPSA) is 86.7 Å². The molecular weight excluding hydrogens is 284 g/mol. The van der Waals surface area contributed by atoms with Gasteiger partial charge in [-0.2, -0.15) is 0 Å². The van der Waals surface area contributed by atoms with Gasteiger partial charge in [-0.25, -0.2) is 0 Å². The van der Waals surface area contributed by atoms with Gasteiger partial charge in [0.25, 0.3) is 0 Å². The van der Waals surface area contributed by atoms with Crippen LogP contribution in [0.1, 0.15) is 18.9 Å². The summed E-state index contributed by atoms with van der Waals surface area (Å²) in [5.74, 6) is -1.86. The van der Waals surface area contributed by atoms with Crippen molar-refractivity contribution in [3.63, 3.8) is 0 Å². The second-order valence-electron chi connectivity index (χ2n) is 5.50. The zero-order chi connectivity index (χ0) is 16.1. The van der Waals surface area contributed by atoms with Crippen LogP contribution in [0.4, 0.5) is 0 Å². The molecule has 2 amide bonds. The lowest BCUT2D eigenvalue weighted by atomic mass is 10.0. The fraction of sp³-hybridized carbons (Fsp3) is 0.438. The van der Waals surface area contributed by atoms with Crippen molar-refractivity contribution in [1.82, 2.24) is 10.2 Å². The number of nitrogens with zero attached hydrogens (tertiary/aromatic N) is 1. The summed E-state index contributed by atoms with van der Waals surface area (Å²) >= 11 is 0. The van der Waals surface area contributed by atoms with Crippen LogP contribution in [0.15, 0.2) is 30.3 Å². The van der Waals surface area contributed by atoms with Crippen molar-refractivity contribution in [1.29, 1.82) is 0 Å². The van der Waals surface area contributed by atoms with Crippen LogP contribution in [0.25, 0.3) is 0 Å². The number of benzene rings is 1. The van der Waals surface area contributed by atoms with Crippen LogP contribution in [0.2, 0.25) is 0 Å². The van der Waals surface area contributed by atoms with Crippen molar-refractivity contribution < 1.29 is 19.5 Å². The maximum atomic E-state index is 12.1. The largest absolute Gasteiger partial charge is 0.481 e. The lowest BCUT2D eigenvalue weighted by Gasteiger charge is -2.23. The first-order valence-electron chi connectivity index (χ1n) is 7.32. The molecule has 2 rings (SSSR count). The van der Waals surface area contributed by atoms with Gasteiger partial charge in [0.05, 0.1) is 18.9 Å². The molecule has 2 atom stereocenters. The van der Waals surface area contributed by atoms with Crippen LogP contribution in [-0.4, -0.2) is 46.9 Å². The molecule has 0 aliphatic carbocycles. The van der Waals surface area contributed by atoms with Gasteiger partial charge in [-0.1, -0.05) is 30.3 Å². The average molecular weight is 304 g/mol. The van der Waals surface area contributed by atoms with Crippen molar-refractivity contribution in [3.8, 4) is 0 Å². The fourth-order valence-corrected chi connectivity index (χ4v) is 2.74. The summed E-state index contributed by atoms with van der Waals surface area (Å²) < 4.78 is 0. The van der Waals surface area contributed by atoms with Gasteiger partial charge in [0.15, 0.2) is 0 Å². The molecule has 2 N–H and O–H groups in total. The number of aliphatic carboxylic acids is 1. The SMILES string of the molecule is CC1C(C(=O)O)CCN1C(=O)CNC(=O)Cc1ccccc1. The number of hydrogen-bond acceptors (Lipinski definition) is 3. The van der Waals surface area contributed by atoms with Gasteiger partial charge in [0, 0.05) is 12.6 Å². The highest BCUT2D eigenvalue weighted by molar-refractivity contribution is 5.86. The molecule has 1 aromatic rings. The van der Waals surface area contributed by atoms with Gasteiger partial charge in [-0.05, 0) is 18.9 Å². The average Bonchev–Trinajstić information content (AvgIpc) is 2.88. The monoisotopic (exact) mass is 304 g/mol. The number of carbonyl (C=O) groups is 3. The smallest absolute Gasteiger partial charge is 0.308 e. The number of hydrogen-bond donors (Lipinski definition) is 2. The summed E-state index contributed by atoms with van der Waals surface area (Å²) in [5, 5.41) is 11.7. The molecule has 1 saturated heterocycles. The molecular formula is C16H20N2O4. The van der Waals surface area contributed by atoms with Crippen LogP contribution < -0.4 is 5.32 Å². The Balaban J connectivity index is 1.80. The summed E-state index contributed by atoms with van der Waals surface area (Å²) in [7, 11) is 0. The van der Waals surface area contributed by atoms with E-state index in [0.717, 1.165) is 5.56 Å². The standard InChI is InChI=1S/C16H20N2O4/c1-11-13(16(21)22)7-8-18(11)15(20)10-17-14(19)9-12-5-3-2-4-6-12/h2-6,11,13H,7-10H2,1H3,(H,17,19)(H,21,22). The van der Waals surface area contributed by atoms with E-state index >= 15 is 0 Å². The third kappa shape index (κ3) is 3.84. The number of nitrogens with one attached hydrogen (secondary N) is 1. The Hall–Kier alpha value is -2.37. The molecule has 1 heterocycles. The highest BCUT2D eigenvalue weighted by Gasteiger charge is 2.37. The van der Waals surface area contributed by atoms with E-state index in [1.54, 1.807) is 6.92 Å². The van der Waals surface area contributed by atoms with Crippen molar-refractivity contribution in [2.45, 2.75) is 25.8 Å². The Morgan fingerprint density at radius 3 is 2.55 bits per heavy atom. The molecule has 118 valence electrons. The Morgan fingerprint density at radius 1 is 1.27 bits per heavy atom. The third-order valence-corrected chi connectivity index (χ3v) is 4.04. The number of amides is 2. The number of likely N-dealkylation sites (tertiary alicyclic amines) is 1. The zero-order valence-corrected chi connectivity index (χ0v) is 12.5. The van der Waals surface area contributed by atoms with Gasteiger partial charge in [0.2, 0.25) is 11.8 Å². The molecule has 1 fully saturated rings. The number of carboxylic acids is 1. The first kappa shape index (κ1) is 16.0. The van der Waals surface area contributed by atoms with Crippen LogP contribution in [0.5, 0.6) is 0 Å². The van der Waals surface area contributed by atoms with Gasteiger partial charge in [-0.15, -0.1) is 0 Å². The summed E-state index contributed by atoms with van der Waals surface area (Å²) in [5.41, 5.74) is 0.882. The van der Waals surface area contributed by atoms with Crippen LogP contribution in [0.3, 0.4) is 0 Å². The molecule has 0 radical (unpaired) electrons. The normalized spacial score (nSPS) is 20.7. The highest BCUT2D eigenvalue weighted by Crippen LogP contribution is 2.24. The predicted molar refractivity (Wildman–Crippen MR) is 80.1 cm³/mol. The number of carbonyl (C=O) groups excluding carboxylic acids is 2. The Labute approximate surface area is 129 Å². The van der Waals surface area contributed by atoms with E-state index in [4.69, 9.17) is 5.11 Å². The lowest BCUT2D eigenvalue weighted by Crippen LogP contribution is -2.43. The second-order valence-corrected chi connectivity index (χ2v) is 5.50. The zero-order valence-electron chi connectivity index (χ0n) is 12.5. The first-order chi connectivity index (χ1) is 10.5. The van der Waals surface area contributed by atoms with E-state index in [2.05, 4.69) is 5.32 Å². The maximum Gasteiger partial charge on any atom is 0.308 e. The highest BCUT2D eigenvalue weighted by atomic mass is 16.4. The summed E-state index contributed by atoms with van der Waals surface area (Å²) in [4.78, 5) is 36.5. The maximum absolute atomic E-state index is 12.1.